The number of rotatable bonds is 5. The minimum atomic E-state index is -1.02. The van der Waals surface area contributed by atoms with E-state index in [1.54, 1.807) is 12.1 Å². The lowest BCUT2D eigenvalue weighted by Crippen LogP contribution is -2.41. The molecule has 18 heavy (non-hydrogen) atoms. The first-order valence-corrected chi connectivity index (χ1v) is 6.10. The molecule has 0 unspecified atom stereocenters. The van der Waals surface area contributed by atoms with Gasteiger partial charge in [-0.3, -0.25) is 4.79 Å². The van der Waals surface area contributed by atoms with E-state index < -0.39 is 17.9 Å². The van der Waals surface area contributed by atoms with Gasteiger partial charge in [-0.25, -0.2) is 9.78 Å². The van der Waals surface area contributed by atoms with Crippen molar-refractivity contribution >= 4 is 23.5 Å². The van der Waals surface area contributed by atoms with E-state index in [0.717, 1.165) is 12.8 Å². The molecule has 2 N–H and O–H groups in total. The Morgan fingerprint density at radius 2 is 2.22 bits per heavy atom. The molecule has 0 radical (unpaired) electrons. The summed E-state index contributed by atoms with van der Waals surface area (Å²) >= 11 is 5.67. The zero-order valence-corrected chi connectivity index (χ0v) is 10.4. The van der Waals surface area contributed by atoms with Crippen LogP contribution in [0.1, 0.15) is 29.8 Å². The molecular weight excluding hydrogens is 256 g/mol. The van der Waals surface area contributed by atoms with Gasteiger partial charge in [-0.1, -0.05) is 30.5 Å². The normalized spacial score (nSPS) is 16.1. The second-order valence-corrected chi connectivity index (χ2v) is 4.78. The van der Waals surface area contributed by atoms with Gasteiger partial charge in [-0.2, -0.15) is 0 Å². The molecule has 0 aliphatic heterocycles. The number of hydrogen-bond donors (Lipinski definition) is 2. The number of halogens is 1. The van der Waals surface area contributed by atoms with Gasteiger partial charge >= 0.3 is 5.97 Å². The summed E-state index contributed by atoms with van der Waals surface area (Å²) in [5.41, 5.74) is 0.129. The number of carboxylic acids is 1. The summed E-state index contributed by atoms with van der Waals surface area (Å²) in [6, 6.07) is 3.79. The van der Waals surface area contributed by atoms with Crippen molar-refractivity contribution in [3.05, 3.63) is 29.0 Å². The third-order valence-corrected chi connectivity index (χ3v) is 3.03. The summed E-state index contributed by atoms with van der Waals surface area (Å²) in [6.45, 7) is 0. The molecule has 2 rings (SSSR count). The lowest BCUT2D eigenvalue weighted by atomic mass is 10.1. The summed E-state index contributed by atoms with van der Waals surface area (Å²) in [5.74, 6) is -1.11. The average molecular weight is 269 g/mol. The molecule has 96 valence electrons. The number of carbonyl (C=O) groups excluding carboxylic acids is 1. The van der Waals surface area contributed by atoms with Crippen molar-refractivity contribution in [1.29, 1.82) is 0 Å². The van der Waals surface area contributed by atoms with Crippen LogP contribution in [-0.4, -0.2) is 28.0 Å². The van der Waals surface area contributed by atoms with Crippen molar-refractivity contribution in [3.63, 3.8) is 0 Å². The molecule has 1 heterocycles. The van der Waals surface area contributed by atoms with E-state index in [1.807, 2.05) is 0 Å². The molecule has 0 saturated heterocycles. The maximum atomic E-state index is 11.8. The van der Waals surface area contributed by atoms with E-state index in [0.29, 0.717) is 12.3 Å². The standard InChI is InChI=1S/C12H13ClN2O3/c13-10-3-1-2-8(14-10)11(16)15-9(12(17)18)6-7-4-5-7/h1-3,7,9H,4-6H2,(H,15,16)(H,17,18)/t9-/m0/s1. The van der Waals surface area contributed by atoms with Crippen molar-refractivity contribution in [2.24, 2.45) is 5.92 Å². The predicted molar refractivity (Wildman–Crippen MR) is 65.5 cm³/mol. The Kier molecular flexibility index (Phi) is 3.81. The van der Waals surface area contributed by atoms with Gasteiger partial charge < -0.3 is 10.4 Å². The Morgan fingerprint density at radius 3 is 2.78 bits per heavy atom. The van der Waals surface area contributed by atoms with Crippen LogP contribution in [0.3, 0.4) is 0 Å². The lowest BCUT2D eigenvalue weighted by molar-refractivity contribution is -0.139. The first-order valence-electron chi connectivity index (χ1n) is 5.72. The third kappa shape index (κ3) is 3.43. The molecule has 0 bridgehead atoms. The number of hydrogen-bond acceptors (Lipinski definition) is 3. The third-order valence-electron chi connectivity index (χ3n) is 2.82. The Balaban J connectivity index is 2.01. The summed E-state index contributed by atoms with van der Waals surface area (Å²) in [6.07, 6.45) is 2.55. The molecule has 5 nitrogen and oxygen atoms in total. The molecule has 1 amide bonds. The minimum Gasteiger partial charge on any atom is -0.480 e. The van der Waals surface area contributed by atoms with Crippen LogP contribution in [-0.2, 0) is 4.79 Å². The van der Waals surface area contributed by atoms with E-state index in [9.17, 15) is 9.59 Å². The van der Waals surface area contributed by atoms with Crippen molar-refractivity contribution in [2.75, 3.05) is 0 Å². The highest BCUT2D eigenvalue weighted by molar-refractivity contribution is 6.29. The summed E-state index contributed by atoms with van der Waals surface area (Å²) in [4.78, 5) is 26.7. The highest BCUT2D eigenvalue weighted by Gasteiger charge is 2.30. The maximum Gasteiger partial charge on any atom is 0.326 e. The van der Waals surface area contributed by atoms with Gasteiger partial charge in [0.2, 0.25) is 0 Å². The van der Waals surface area contributed by atoms with E-state index in [2.05, 4.69) is 10.3 Å². The second-order valence-electron chi connectivity index (χ2n) is 4.39. The largest absolute Gasteiger partial charge is 0.480 e. The molecule has 1 aliphatic rings. The number of aliphatic carboxylic acids is 1. The van der Waals surface area contributed by atoms with Crippen molar-refractivity contribution < 1.29 is 14.7 Å². The van der Waals surface area contributed by atoms with Gasteiger partial charge in [0.25, 0.3) is 5.91 Å². The van der Waals surface area contributed by atoms with Crippen LogP contribution in [0.5, 0.6) is 0 Å². The van der Waals surface area contributed by atoms with E-state index in [1.165, 1.54) is 6.07 Å². The van der Waals surface area contributed by atoms with Gasteiger partial charge in [0.1, 0.15) is 16.9 Å². The fourth-order valence-corrected chi connectivity index (χ4v) is 1.84. The number of aromatic nitrogens is 1. The van der Waals surface area contributed by atoms with Crippen molar-refractivity contribution in [2.45, 2.75) is 25.3 Å². The Bertz CT molecular complexity index is 474. The SMILES string of the molecule is O=C(N[C@@H](CC1CC1)C(=O)O)c1cccc(Cl)n1. The molecule has 1 aromatic heterocycles. The van der Waals surface area contributed by atoms with Gasteiger partial charge in [0.05, 0.1) is 0 Å². The number of pyridine rings is 1. The Hall–Kier alpha value is -1.62. The number of amides is 1. The maximum absolute atomic E-state index is 11.8. The van der Waals surface area contributed by atoms with E-state index in [-0.39, 0.29) is 10.8 Å². The monoisotopic (exact) mass is 268 g/mol. The van der Waals surface area contributed by atoms with E-state index >= 15 is 0 Å². The van der Waals surface area contributed by atoms with Crippen molar-refractivity contribution in [3.8, 4) is 0 Å². The second kappa shape index (κ2) is 5.35. The van der Waals surface area contributed by atoms with Crippen LogP contribution in [0.2, 0.25) is 5.15 Å². The quantitative estimate of drug-likeness (QED) is 0.797. The molecule has 0 aromatic carbocycles. The molecule has 6 heteroatoms. The van der Waals surface area contributed by atoms with Crippen LogP contribution < -0.4 is 5.32 Å². The lowest BCUT2D eigenvalue weighted by Gasteiger charge is -2.13. The number of carbonyl (C=O) groups is 2. The summed E-state index contributed by atoms with van der Waals surface area (Å²) < 4.78 is 0. The first-order chi connectivity index (χ1) is 8.56. The minimum absolute atomic E-state index is 0.129. The first kappa shape index (κ1) is 12.8. The molecule has 0 spiro atoms. The number of nitrogens with one attached hydrogen (secondary N) is 1. The van der Waals surface area contributed by atoms with Crippen LogP contribution in [0.15, 0.2) is 18.2 Å². The smallest absolute Gasteiger partial charge is 0.326 e. The summed E-state index contributed by atoms with van der Waals surface area (Å²) in [5, 5.41) is 11.7. The predicted octanol–water partition coefficient (Wildman–Crippen LogP) is 1.72. The van der Waals surface area contributed by atoms with E-state index in [4.69, 9.17) is 16.7 Å². The highest BCUT2D eigenvalue weighted by Crippen LogP contribution is 2.33. The Morgan fingerprint density at radius 1 is 1.50 bits per heavy atom. The van der Waals surface area contributed by atoms with Gasteiger partial charge in [0, 0.05) is 0 Å². The van der Waals surface area contributed by atoms with Crippen molar-refractivity contribution in [1.82, 2.24) is 10.3 Å². The fraction of sp³-hybridized carbons (Fsp3) is 0.417. The van der Waals surface area contributed by atoms with Crippen LogP contribution in [0.25, 0.3) is 0 Å². The number of nitrogens with zero attached hydrogens (tertiary/aromatic N) is 1. The fourth-order valence-electron chi connectivity index (χ4n) is 1.68. The van der Waals surface area contributed by atoms with Gasteiger partial charge in [-0.15, -0.1) is 0 Å². The Labute approximate surface area is 109 Å². The molecule has 1 saturated carbocycles. The van der Waals surface area contributed by atoms with Crippen LogP contribution in [0.4, 0.5) is 0 Å². The highest BCUT2D eigenvalue weighted by atomic mass is 35.5. The van der Waals surface area contributed by atoms with Gasteiger partial charge in [-0.05, 0) is 24.5 Å². The van der Waals surface area contributed by atoms with Crippen LogP contribution in [0, 0.1) is 5.92 Å². The topological polar surface area (TPSA) is 79.3 Å². The van der Waals surface area contributed by atoms with Crippen LogP contribution >= 0.6 is 11.6 Å². The number of carboxylic acid groups (broad SMARTS) is 1. The molecular formula is C12H13ClN2O3. The molecule has 1 aliphatic carbocycles. The zero-order valence-electron chi connectivity index (χ0n) is 9.60. The van der Waals surface area contributed by atoms with Gasteiger partial charge in [0.15, 0.2) is 0 Å². The molecule has 1 aromatic rings. The summed E-state index contributed by atoms with van der Waals surface area (Å²) in [7, 11) is 0. The molecule has 1 atom stereocenters. The molecule has 1 fully saturated rings. The average Bonchev–Trinajstić information content (AvgIpc) is 3.12. The zero-order chi connectivity index (χ0) is 13.1.